The Hall–Kier alpha value is -0.120. The molecule has 18 heavy (non-hydrogen) atoms. The molecule has 0 saturated heterocycles. The Morgan fingerprint density at radius 3 is 2.44 bits per heavy atom. The van der Waals surface area contributed by atoms with Gasteiger partial charge in [0.1, 0.15) is 0 Å². The molecule has 0 aromatic carbocycles. The van der Waals surface area contributed by atoms with Crippen LogP contribution < -0.4 is 5.32 Å². The van der Waals surface area contributed by atoms with Crippen LogP contribution in [0.25, 0.3) is 0 Å². The van der Waals surface area contributed by atoms with Crippen molar-refractivity contribution in [3.8, 4) is 0 Å². The normalized spacial score (nSPS) is 36.5. The lowest BCUT2D eigenvalue weighted by atomic mass is 9.76. The van der Waals surface area contributed by atoms with Gasteiger partial charge in [-0.15, -0.1) is 0 Å². The van der Waals surface area contributed by atoms with Gasteiger partial charge in [0.05, 0.1) is 12.2 Å². The van der Waals surface area contributed by atoms with E-state index in [1.807, 2.05) is 0 Å². The van der Waals surface area contributed by atoms with Gasteiger partial charge in [-0.05, 0) is 31.6 Å². The molecule has 2 atom stereocenters. The molecule has 0 heterocycles. The zero-order valence-electron chi connectivity index (χ0n) is 11.7. The Kier molecular flexibility index (Phi) is 4.68. The molecule has 0 spiro atoms. The molecule has 2 aliphatic carbocycles. The summed E-state index contributed by atoms with van der Waals surface area (Å²) in [6.07, 6.45) is 9.91. The van der Waals surface area contributed by atoms with Crippen LogP contribution in [0.5, 0.6) is 0 Å². The van der Waals surface area contributed by atoms with Crippen LogP contribution in [-0.2, 0) is 0 Å². The molecule has 0 aromatic rings. The van der Waals surface area contributed by atoms with Crippen molar-refractivity contribution >= 4 is 0 Å². The minimum Gasteiger partial charge on any atom is -0.394 e. The summed E-state index contributed by atoms with van der Waals surface area (Å²) in [6, 6.07) is 0. The van der Waals surface area contributed by atoms with E-state index in [-0.39, 0.29) is 12.1 Å². The summed E-state index contributed by atoms with van der Waals surface area (Å²) in [6.45, 7) is 3.12. The lowest BCUT2D eigenvalue weighted by Crippen LogP contribution is -2.56. The lowest BCUT2D eigenvalue weighted by Gasteiger charge is -2.43. The van der Waals surface area contributed by atoms with Gasteiger partial charge in [0.25, 0.3) is 0 Å². The van der Waals surface area contributed by atoms with Crippen molar-refractivity contribution in [3.05, 3.63) is 0 Å². The molecular weight excluding hydrogens is 226 g/mol. The molecule has 0 bridgehead atoms. The molecule has 2 saturated carbocycles. The van der Waals surface area contributed by atoms with Crippen molar-refractivity contribution < 1.29 is 10.2 Å². The van der Waals surface area contributed by atoms with E-state index in [0.29, 0.717) is 12.5 Å². The SMILES string of the molecule is CC1CCCC(CO)(NCC2(O)CCCCC2)C1. The summed E-state index contributed by atoms with van der Waals surface area (Å²) in [5.41, 5.74) is -0.661. The highest BCUT2D eigenvalue weighted by atomic mass is 16.3. The molecule has 2 rings (SSSR count). The number of aliphatic hydroxyl groups excluding tert-OH is 1. The second-order valence-electron chi connectivity index (χ2n) is 6.78. The monoisotopic (exact) mass is 255 g/mol. The second kappa shape index (κ2) is 5.89. The third-order valence-corrected chi connectivity index (χ3v) is 4.97. The molecule has 3 heteroatoms. The Morgan fingerprint density at radius 2 is 1.83 bits per heavy atom. The number of β-amino-alcohol motifs (C(OH)–C–C–N with tert-alkyl or cyclic N) is 1. The first-order valence-corrected chi connectivity index (χ1v) is 7.66. The number of hydrogen-bond donors (Lipinski definition) is 3. The number of aliphatic hydroxyl groups is 2. The van der Waals surface area contributed by atoms with Gasteiger partial charge in [-0.2, -0.15) is 0 Å². The van der Waals surface area contributed by atoms with Crippen molar-refractivity contribution in [1.82, 2.24) is 5.32 Å². The number of hydrogen-bond acceptors (Lipinski definition) is 3. The van der Waals surface area contributed by atoms with E-state index in [4.69, 9.17) is 0 Å². The predicted molar refractivity (Wildman–Crippen MR) is 73.5 cm³/mol. The van der Waals surface area contributed by atoms with Crippen molar-refractivity contribution in [2.75, 3.05) is 13.2 Å². The highest BCUT2D eigenvalue weighted by molar-refractivity contribution is 4.95. The molecule has 2 unspecified atom stereocenters. The van der Waals surface area contributed by atoms with Crippen LogP contribution in [0.4, 0.5) is 0 Å². The average molecular weight is 255 g/mol. The summed E-state index contributed by atoms with van der Waals surface area (Å²) in [5, 5.41) is 23.8. The van der Waals surface area contributed by atoms with Crippen molar-refractivity contribution in [3.63, 3.8) is 0 Å². The van der Waals surface area contributed by atoms with E-state index in [0.717, 1.165) is 38.5 Å². The number of nitrogens with one attached hydrogen (secondary N) is 1. The van der Waals surface area contributed by atoms with E-state index < -0.39 is 5.60 Å². The maximum absolute atomic E-state index is 10.5. The Morgan fingerprint density at radius 1 is 1.11 bits per heavy atom. The van der Waals surface area contributed by atoms with Gasteiger partial charge >= 0.3 is 0 Å². The van der Waals surface area contributed by atoms with Crippen LogP contribution in [0.15, 0.2) is 0 Å². The molecule has 2 aliphatic rings. The fraction of sp³-hybridized carbons (Fsp3) is 1.00. The van der Waals surface area contributed by atoms with Gasteiger partial charge in [0.15, 0.2) is 0 Å². The van der Waals surface area contributed by atoms with E-state index >= 15 is 0 Å². The van der Waals surface area contributed by atoms with Gasteiger partial charge in [-0.1, -0.05) is 39.0 Å². The van der Waals surface area contributed by atoms with Gasteiger partial charge in [0.2, 0.25) is 0 Å². The first-order chi connectivity index (χ1) is 8.58. The second-order valence-corrected chi connectivity index (χ2v) is 6.78. The van der Waals surface area contributed by atoms with Gasteiger partial charge in [-0.3, -0.25) is 0 Å². The van der Waals surface area contributed by atoms with Gasteiger partial charge in [0, 0.05) is 12.1 Å². The molecule has 0 radical (unpaired) electrons. The largest absolute Gasteiger partial charge is 0.394 e. The minimum atomic E-state index is -0.527. The third-order valence-electron chi connectivity index (χ3n) is 4.97. The smallest absolute Gasteiger partial charge is 0.0771 e. The molecule has 2 fully saturated rings. The highest BCUT2D eigenvalue weighted by Gasteiger charge is 2.37. The molecule has 3 nitrogen and oxygen atoms in total. The highest BCUT2D eigenvalue weighted by Crippen LogP contribution is 2.33. The molecule has 0 aromatic heterocycles. The summed E-state index contributed by atoms with van der Waals surface area (Å²) in [5.74, 6) is 0.680. The van der Waals surface area contributed by atoms with Crippen LogP contribution >= 0.6 is 0 Å². The van der Waals surface area contributed by atoms with E-state index in [2.05, 4.69) is 12.2 Å². The molecule has 0 amide bonds. The fourth-order valence-electron chi connectivity index (χ4n) is 3.76. The topological polar surface area (TPSA) is 52.5 Å². The zero-order chi connectivity index (χ0) is 13.1. The van der Waals surface area contributed by atoms with Crippen LogP contribution in [0.3, 0.4) is 0 Å². The summed E-state index contributed by atoms with van der Waals surface area (Å²) < 4.78 is 0. The zero-order valence-corrected chi connectivity index (χ0v) is 11.7. The van der Waals surface area contributed by atoms with Crippen LogP contribution in [0, 0.1) is 5.92 Å². The van der Waals surface area contributed by atoms with E-state index in [9.17, 15) is 10.2 Å². The maximum atomic E-state index is 10.5. The van der Waals surface area contributed by atoms with Gasteiger partial charge < -0.3 is 15.5 Å². The van der Waals surface area contributed by atoms with Crippen LogP contribution in [0.1, 0.15) is 64.7 Å². The van der Waals surface area contributed by atoms with Gasteiger partial charge in [-0.25, -0.2) is 0 Å². The molecule has 3 N–H and O–H groups in total. The number of rotatable bonds is 4. The van der Waals surface area contributed by atoms with Crippen molar-refractivity contribution in [1.29, 1.82) is 0 Å². The quantitative estimate of drug-likeness (QED) is 0.722. The first-order valence-electron chi connectivity index (χ1n) is 7.66. The van der Waals surface area contributed by atoms with E-state index in [1.165, 1.54) is 19.3 Å². The average Bonchev–Trinajstić information content (AvgIpc) is 2.38. The van der Waals surface area contributed by atoms with Crippen LogP contribution in [0.2, 0.25) is 0 Å². The first kappa shape index (κ1) is 14.3. The van der Waals surface area contributed by atoms with Crippen molar-refractivity contribution in [2.45, 2.75) is 75.9 Å². The Balaban J connectivity index is 1.89. The summed E-state index contributed by atoms with van der Waals surface area (Å²) >= 11 is 0. The minimum absolute atomic E-state index is 0.134. The molecular formula is C15H29NO2. The molecule has 0 aliphatic heterocycles. The van der Waals surface area contributed by atoms with Crippen LogP contribution in [-0.4, -0.2) is 34.5 Å². The third kappa shape index (κ3) is 3.46. The Bertz CT molecular complexity index is 263. The standard InChI is InChI=1S/C15H29NO2/c1-13-6-5-7-14(10-13,12-17)16-11-15(18)8-3-2-4-9-15/h13,16-18H,2-12H2,1H3. The van der Waals surface area contributed by atoms with Crippen molar-refractivity contribution in [2.24, 2.45) is 5.92 Å². The van der Waals surface area contributed by atoms with E-state index in [1.54, 1.807) is 0 Å². The Labute approximate surface area is 111 Å². The predicted octanol–water partition coefficient (Wildman–Crippen LogP) is 2.21. The lowest BCUT2D eigenvalue weighted by molar-refractivity contribution is -0.0122. The fourth-order valence-corrected chi connectivity index (χ4v) is 3.76. The summed E-state index contributed by atoms with van der Waals surface area (Å²) in [4.78, 5) is 0. The molecule has 106 valence electrons. The maximum Gasteiger partial charge on any atom is 0.0771 e. The summed E-state index contributed by atoms with van der Waals surface area (Å²) in [7, 11) is 0.